The Labute approximate surface area is 167 Å². The van der Waals surface area contributed by atoms with Gasteiger partial charge in [-0.1, -0.05) is 25.0 Å². The molecule has 3 rings (SSSR count). The van der Waals surface area contributed by atoms with Gasteiger partial charge in [-0.2, -0.15) is 0 Å². The van der Waals surface area contributed by atoms with E-state index >= 15 is 0 Å². The maximum atomic E-state index is 12.1. The van der Waals surface area contributed by atoms with E-state index in [2.05, 4.69) is 14.6 Å². The lowest BCUT2D eigenvalue weighted by molar-refractivity contribution is 0.428. The molecule has 0 spiro atoms. The number of rotatable bonds is 5. The number of hydrogen-bond donors (Lipinski definition) is 2. The summed E-state index contributed by atoms with van der Waals surface area (Å²) in [5, 5.41) is 0. The van der Waals surface area contributed by atoms with Crippen LogP contribution in [-0.2, 0) is 16.6 Å². The average molecular weight is 478 g/mol. The first-order chi connectivity index (χ1) is 11.5. The predicted octanol–water partition coefficient (Wildman–Crippen LogP) is 2.44. The van der Waals surface area contributed by atoms with Crippen LogP contribution < -0.4 is 10.5 Å². The van der Waals surface area contributed by atoms with Gasteiger partial charge in [-0.3, -0.25) is 0 Å². The Kier molecular flexibility index (Phi) is 7.51. The van der Waals surface area contributed by atoms with Crippen LogP contribution in [0, 0.1) is 0 Å². The topological polar surface area (TPSA) is 87.8 Å². The van der Waals surface area contributed by atoms with Gasteiger partial charge >= 0.3 is 0 Å². The van der Waals surface area contributed by atoms with E-state index in [1.54, 1.807) is 24.3 Å². The molecule has 3 N–H and O–H groups in total. The van der Waals surface area contributed by atoms with Gasteiger partial charge in [0.1, 0.15) is 0 Å². The van der Waals surface area contributed by atoms with Crippen LogP contribution in [0.5, 0.6) is 0 Å². The molecule has 0 amide bonds. The highest BCUT2D eigenvalue weighted by atomic mass is 127. The number of benzene rings is 1. The van der Waals surface area contributed by atoms with Crippen molar-refractivity contribution >= 4 is 40.0 Å². The molecule has 2 aliphatic rings. The zero-order chi connectivity index (χ0) is 17.0. The van der Waals surface area contributed by atoms with E-state index in [0.717, 1.165) is 44.3 Å². The van der Waals surface area contributed by atoms with E-state index in [1.165, 1.54) is 12.8 Å². The molecule has 0 radical (unpaired) electrons. The third-order valence-corrected chi connectivity index (χ3v) is 6.02. The number of likely N-dealkylation sites (tertiary alicyclic amines) is 1. The second-order valence-electron chi connectivity index (χ2n) is 6.62. The Balaban J connectivity index is 0.00000225. The van der Waals surface area contributed by atoms with E-state index in [9.17, 15) is 8.42 Å². The highest BCUT2D eigenvalue weighted by Gasteiger charge is 2.27. The molecular weight excluding hydrogens is 451 g/mol. The van der Waals surface area contributed by atoms with Crippen LogP contribution in [0.1, 0.15) is 44.1 Å². The van der Waals surface area contributed by atoms with Gasteiger partial charge in [0.25, 0.3) is 0 Å². The van der Waals surface area contributed by atoms with Gasteiger partial charge in [0.2, 0.25) is 10.0 Å². The summed E-state index contributed by atoms with van der Waals surface area (Å²) >= 11 is 0. The summed E-state index contributed by atoms with van der Waals surface area (Å²) in [6, 6.07) is 7.00. The van der Waals surface area contributed by atoms with Gasteiger partial charge in [-0.05, 0) is 43.4 Å². The third-order valence-electron chi connectivity index (χ3n) is 4.49. The number of halogens is 1. The van der Waals surface area contributed by atoms with Crippen molar-refractivity contribution in [2.75, 3.05) is 13.1 Å². The third kappa shape index (κ3) is 6.10. The molecule has 1 saturated carbocycles. The molecule has 0 atom stereocenters. The number of nitrogens with two attached hydrogens (primary N) is 1. The minimum Gasteiger partial charge on any atom is -0.370 e. The van der Waals surface area contributed by atoms with Crippen molar-refractivity contribution in [3.05, 3.63) is 29.8 Å². The first-order valence-corrected chi connectivity index (χ1v) is 10.2. The molecule has 6 nitrogen and oxygen atoms in total. The second-order valence-corrected chi connectivity index (χ2v) is 8.33. The molecule has 1 aromatic rings. The largest absolute Gasteiger partial charge is 0.370 e. The fourth-order valence-corrected chi connectivity index (χ4v) is 4.14. The van der Waals surface area contributed by atoms with E-state index in [-0.39, 0.29) is 30.0 Å². The zero-order valence-corrected chi connectivity index (χ0v) is 17.5. The summed E-state index contributed by atoms with van der Waals surface area (Å²) in [4.78, 5) is 6.92. The van der Waals surface area contributed by atoms with Crippen molar-refractivity contribution in [3.63, 3.8) is 0 Å². The van der Waals surface area contributed by atoms with Crippen LogP contribution in [0.25, 0.3) is 0 Å². The molecule has 1 saturated heterocycles. The van der Waals surface area contributed by atoms with Crippen molar-refractivity contribution in [3.8, 4) is 0 Å². The molecule has 1 aliphatic heterocycles. The van der Waals surface area contributed by atoms with Gasteiger partial charge in [-0.25, -0.2) is 18.1 Å². The van der Waals surface area contributed by atoms with Crippen LogP contribution in [0.4, 0.5) is 0 Å². The van der Waals surface area contributed by atoms with Crippen molar-refractivity contribution in [1.29, 1.82) is 0 Å². The predicted molar refractivity (Wildman–Crippen MR) is 111 cm³/mol. The molecule has 0 aromatic heterocycles. The van der Waals surface area contributed by atoms with Crippen molar-refractivity contribution < 1.29 is 8.42 Å². The smallest absolute Gasteiger partial charge is 0.240 e. The molecule has 1 heterocycles. The number of hydrogen-bond acceptors (Lipinski definition) is 3. The highest BCUT2D eigenvalue weighted by molar-refractivity contribution is 14.0. The number of nitrogens with one attached hydrogen (secondary N) is 1. The minimum atomic E-state index is -3.38. The van der Waals surface area contributed by atoms with Gasteiger partial charge in [0.05, 0.1) is 11.4 Å². The minimum absolute atomic E-state index is 0. The summed E-state index contributed by atoms with van der Waals surface area (Å²) in [6.45, 7) is 2.41. The Hall–Kier alpha value is -0.870. The monoisotopic (exact) mass is 478 g/mol. The Morgan fingerprint density at radius 1 is 1.12 bits per heavy atom. The van der Waals surface area contributed by atoms with Crippen molar-refractivity contribution in [2.45, 2.75) is 56.0 Å². The van der Waals surface area contributed by atoms with Crippen molar-refractivity contribution in [2.24, 2.45) is 10.7 Å². The molecule has 0 bridgehead atoms. The SMILES string of the molecule is I.NC(=NCc1ccc(S(=O)(=O)NC2CC2)cc1)N1CCCCCC1. The molecule has 1 aromatic carbocycles. The summed E-state index contributed by atoms with van der Waals surface area (Å²) in [6.07, 6.45) is 6.71. The lowest BCUT2D eigenvalue weighted by Crippen LogP contribution is -2.38. The zero-order valence-electron chi connectivity index (χ0n) is 14.4. The number of nitrogens with zero attached hydrogens (tertiary/aromatic N) is 2. The van der Waals surface area contributed by atoms with Crippen LogP contribution >= 0.6 is 24.0 Å². The van der Waals surface area contributed by atoms with Crippen molar-refractivity contribution in [1.82, 2.24) is 9.62 Å². The summed E-state index contributed by atoms with van der Waals surface area (Å²) < 4.78 is 27.0. The van der Waals surface area contributed by atoms with Crippen LogP contribution in [0.2, 0.25) is 0 Å². The lowest BCUT2D eigenvalue weighted by Gasteiger charge is -2.21. The first-order valence-electron chi connectivity index (χ1n) is 8.71. The summed E-state index contributed by atoms with van der Waals surface area (Å²) in [7, 11) is -3.38. The average Bonchev–Trinajstić information content (AvgIpc) is 3.39. The fraction of sp³-hybridized carbons (Fsp3) is 0.588. The van der Waals surface area contributed by atoms with Gasteiger partial charge in [-0.15, -0.1) is 24.0 Å². The van der Waals surface area contributed by atoms with Crippen LogP contribution in [0.15, 0.2) is 34.2 Å². The van der Waals surface area contributed by atoms with E-state index in [1.807, 2.05) is 0 Å². The van der Waals surface area contributed by atoms with Crippen LogP contribution in [0.3, 0.4) is 0 Å². The lowest BCUT2D eigenvalue weighted by atomic mass is 10.2. The Morgan fingerprint density at radius 3 is 2.28 bits per heavy atom. The Morgan fingerprint density at radius 2 is 1.72 bits per heavy atom. The Bertz CT molecular complexity index is 679. The number of aliphatic imine (C=N–C) groups is 1. The van der Waals surface area contributed by atoms with Gasteiger partial charge in [0.15, 0.2) is 5.96 Å². The maximum absolute atomic E-state index is 12.1. The summed E-state index contributed by atoms with van der Waals surface area (Å²) in [5.74, 6) is 0.587. The molecule has 140 valence electrons. The molecular formula is C17H27IN4O2S. The quantitative estimate of drug-likeness (QED) is 0.387. The molecule has 2 fully saturated rings. The van der Waals surface area contributed by atoms with E-state index in [0.29, 0.717) is 17.4 Å². The fourth-order valence-electron chi connectivity index (χ4n) is 2.83. The summed E-state index contributed by atoms with van der Waals surface area (Å²) in [5.41, 5.74) is 7.05. The normalized spacial score (nSPS) is 19.2. The number of sulfonamides is 1. The van der Waals surface area contributed by atoms with Gasteiger partial charge < -0.3 is 10.6 Å². The van der Waals surface area contributed by atoms with Crippen LogP contribution in [-0.4, -0.2) is 38.4 Å². The van der Waals surface area contributed by atoms with E-state index < -0.39 is 10.0 Å². The maximum Gasteiger partial charge on any atom is 0.240 e. The molecule has 25 heavy (non-hydrogen) atoms. The molecule has 0 unspecified atom stereocenters. The number of guanidine groups is 1. The van der Waals surface area contributed by atoms with Gasteiger partial charge in [0, 0.05) is 19.1 Å². The van der Waals surface area contributed by atoms with E-state index in [4.69, 9.17) is 5.73 Å². The first kappa shape index (κ1) is 20.4. The second kappa shape index (κ2) is 9.18. The molecule has 8 heteroatoms. The highest BCUT2D eigenvalue weighted by Crippen LogP contribution is 2.22. The standard InChI is InChI=1S/C17H26N4O2S.HI/c18-17(21-11-3-1-2-4-12-21)19-13-14-5-9-16(10-6-14)24(22,23)20-15-7-8-15;/h5-6,9-10,15,20H,1-4,7-8,11-13H2,(H2,18,19);1H. The molecule has 1 aliphatic carbocycles.